The molecule has 0 radical (unpaired) electrons. The first-order chi connectivity index (χ1) is 8.40. The Labute approximate surface area is 113 Å². The molecule has 1 atom stereocenters. The van der Waals surface area contributed by atoms with Crippen molar-refractivity contribution in [1.82, 2.24) is 10.3 Å². The Morgan fingerprint density at radius 2 is 2.22 bits per heavy atom. The maximum Gasteiger partial charge on any atom is 0.142 e. The second kappa shape index (κ2) is 5.63. The van der Waals surface area contributed by atoms with Gasteiger partial charge in [-0.2, -0.15) is 0 Å². The highest BCUT2D eigenvalue weighted by Crippen LogP contribution is 2.33. The minimum atomic E-state index is 0. The summed E-state index contributed by atoms with van der Waals surface area (Å²) in [6.07, 6.45) is 4.68. The van der Waals surface area contributed by atoms with E-state index in [0.29, 0.717) is 5.92 Å². The number of hydrogen-bond acceptors (Lipinski definition) is 2. The average Bonchev–Trinajstić information content (AvgIpc) is 2.83. The minimum absolute atomic E-state index is 0. The maximum atomic E-state index is 5.38. The molecule has 1 aliphatic rings. The molecule has 1 fully saturated rings. The van der Waals surface area contributed by atoms with E-state index in [9.17, 15) is 0 Å². The van der Waals surface area contributed by atoms with Gasteiger partial charge in [0.05, 0.1) is 12.6 Å². The van der Waals surface area contributed by atoms with Gasteiger partial charge in [-0.3, -0.25) is 0 Å². The molecule has 2 N–H and O–H groups in total. The molecule has 1 aromatic carbocycles. The zero-order valence-corrected chi connectivity index (χ0v) is 11.3. The largest absolute Gasteiger partial charge is 0.495 e. The van der Waals surface area contributed by atoms with Gasteiger partial charge in [-0.1, -0.05) is 12.1 Å². The lowest BCUT2D eigenvalue weighted by Crippen LogP contribution is -2.28. The van der Waals surface area contributed by atoms with Crippen LogP contribution in [0.2, 0.25) is 0 Å². The number of aromatic amines is 1. The standard InChI is InChI=1S/C14H18N2O.ClH/c1-17-13-6-2-5-11-12(9-16-14(11)13)10-4-3-7-15-8-10;/h2,5-6,9-10,15-16H,3-4,7-8H2,1H3;1H. The molecule has 1 saturated heterocycles. The van der Waals surface area contributed by atoms with Gasteiger partial charge in [-0.05, 0) is 36.9 Å². The molecule has 2 aromatic rings. The number of halogens is 1. The fourth-order valence-corrected chi connectivity index (χ4v) is 2.77. The van der Waals surface area contributed by atoms with Crippen LogP contribution in [0.3, 0.4) is 0 Å². The number of H-pyrrole nitrogens is 1. The van der Waals surface area contributed by atoms with Crippen molar-refractivity contribution in [2.45, 2.75) is 18.8 Å². The molecule has 3 rings (SSSR count). The average molecular weight is 267 g/mol. The Balaban J connectivity index is 0.00000120. The molecular weight excluding hydrogens is 248 g/mol. The van der Waals surface area contributed by atoms with E-state index in [1.54, 1.807) is 7.11 Å². The third kappa shape index (κ3) is 2.20. The summed E-state index contributed by atoms with van der Waals surface area (Å²) in [4.78, 5) is 3.35. The lowest BCUT2D eigenvalue weighted by atomic mass is 9.91. The van der Waals surface area contributed by atoms with Crippen LogP contribution in [0.1, 0.15) is 24.3 Å². The molecule has 2 heterocycles. The number of hydrogen-bond donors (Lipinski definition) is 2. The van der Waals surface area contributed by atoms with Gasteiger partial charge in [0.2, 0.25) is 0 Å². The topological polar surface area (TPSA) is 37.0 Å². The number of ether oxygens (including phenoxy) is 1. The van der Waals surface area contributed by atoms with Crippen LogP contribution in [0.5, 0.6) is 5.75 Å². The Morgan fingerprint density at radius 3 is 2.94 bits per heavy atom. The predicted octanol–water partition coefficient (Wildman–Crippen LogP) is 3.07. The van der Waals surface area contributed by atoms with E-state index in [-0.39, 0.29) is 12.4 Å². The van der Waals surface area contributed by atoms with Crippen LogP contribution in [-0.2, 0) is 0 Å². The van der Waals surface area contributed by atoms with Crippen molar-refractivity contribution in [1.29, 1.82) is 0 Å². The van der Waals surface area contributed by atoms with E-state index in [1.807, 2.05) is 6.07 Å². The van der Waals surface area contributed by atoms with Crippen molar-refractivity contribution >= 4 is 23.3 Å². The van der Waals surface area contributed by atoms with Gasteiger partial charge in [0.25, 0.3) is 0 Å². The van der Waals surface area contributed by atoms with E-state index in [4.69, 9.17) is 4.74 Å². The number of methoxy groups -OCH3 is 1. The smallest absolute Gasteiger partial charge is 0.142 e. The van der Waals surface area contributed by atoms with E-state index in [0.717, 1.165) is 24.4 Å². The molecule has 1 aliphatic heterocycles. The zero-order chi connectivity index (χ0) is 11.7. The SMILES string of the molecule is COc1cccc2c(C3CCCNC3)c[nH]c12.Cl. The van der Waals surface area contributed by atoms with Crippen molar-refractivity contribution < 1.29 is 4.74 Å². The summed E-state index contributed by atoms with van der Waals surface area (Å²) in [6.45, 7) is 2.24. The molecular formula is C14H19ClN2O. The highest BCUT2D eigenvalue weighted by molar-refractivity contribution is 5.88. The molecule has 98 valence electrons. The quantitative estimate of drug-likeness (QED) is 0.877. The summed E-state index contributed by atoms with van der Waals surface area (Å²) in [5, 5.41) is 4.78. The number of aromatic nitrogens is 1. The second-order valence-electron chi connectivity index (χ2n) is 4.67. The Bertz CT molecular complexity index is 517. The molecule has 0 bridgehead atoms. The summed E-state index contributed by atoms with van der Waals surface area (Å²) in [6, 6.07) is 6.24. The van der Waals surface area contributed by atoms with E-state index < -0.39 is 0 Å². The first kappa shape index (κ1) is 13.2. The van der Waals surface area contributed by atoms with E-state index in [2.05, 4.69) is 28.6 Å². The summed E-state index contributed by atoms with van der Waals surface area (Å²) in [7, 11) is 1.72. The number of piperidine rings is 1. The monoisotopic (exact) mass is 266 g/mol. The maximum absolute atomic E-state index is 5.38. The molecule has 1 aromatic heterocycles. The van der Waals surface area contributed by atoms with Crippen molar-refractivity contribution in [3.63, 3.8) is 0 Å². The first-order valence-electron chi connectivity index (χ1n) is 6.25. The lowest BCUT2D eigenvalue weighted by Gasteiger charge is -2.22. The Morgan fingerprint density at radius 1 is 1.33 bits per heavy atom. The normalized spacial score (nSPS) is 19.5. The van der Waals surface area contributed by atoms with Crippen LogP contribution < -0.4 is 10.1 Å². The van der Waals surface area contributed by atoms with Crippen molar-refractivity contribution in [2.24, 2.45) is 0 Å². The van der Waals surface area contributed by atoms with Crippen LogP contribution in [-0.4, -0.2) is 25.2 Å². The third-order valence-corrected chi connectivity index (χ3v) is 3.67. The predicted molar refractivity (Wildman–Crippen MR) is 76.9 cm³/mol. The molecule has 3 nitrogen and oxygen atoms in total. The second-order valence-corrected chi connectivity index (χ2v) is 4.67. The summed E-state index contributed by atoms with van der Waals surface area (Å²) < 4.78 is 5.38. The number of nitrogens with one attached hydrogen (secondary N) is 2. The van der Waals surface area contributed by atoms with Crippen molar-refractivity contribution in [2.75, 3.05) is 20.2 Å². The highest BCUT2D eigenvalue weighted by atomic mass is 35.5. The summed E-state index contributed by atoms with van der Waals surface area (Å²) >= 11 is 0. The molecule has 0 aliphatic carbocycles. The van der Waals surface area contributed by atoms with Crippen molar-refractivity contribution in [3.8, 4) is 5.75 Å². The van der Waals surface area contributed by atoms with Crippen LogP contribution >= 0.6 is 12.4 Å². The van der Waals surface area contributed by atoms with Gasteiger partial charge in [0.1, 0.15) is 5.75 Å². The molecule has 0 amide bonds. The molecule has 1 unspecified atom stereocenters. The van der Waals surface area contributed by atoms with Crippen LogP contribution in [0.15, 0.2) is 24.4 Å². The third-order valence-electron chi connectivity index (χ3n) is 3.67. The van der Waals surface area contributed by atoms with Gasteiger partial charge in [0, 0.05) is 18.1 Å². The molecule has 0 spiro atoms. The van der Waals surface area contributed by atoms with Crippen molar-refractivity contribution in [3.05, 3.63) is 30.0 Å². The van der Waals surface area contributed by atoms with Gasteiger partial charge >= 0.3 is 0 Å². The number of fused-ring (bicyclic) bond motifs is 1. The number of benzene rings is 1. The van der Waals surface area contributed by atoms with Crippen LogP contribution in [0.25, 0.3) is 10.9 Å². The summed E-state index contributed by atoms with van der Waals surface area (Å²) in [5.41, 5.74) is 2.54. The Hall–Kier alpha value is -1.19. The fraction of sp³-hybridized carbons (Fsp3) is 0.429. The van der Waals surface area contributed by atoms with Crippen LogP contribution in [0.4, 0.5) is 0 Å². The van der Waals surface area contributed by atoms with Gasteiger partial charge < -0.3 is 15.0 Å². The van der Waals surface area contributed by atoms with Gasteiger partial charge in [-0.15, -0.1) is 12.4 Å². The molecule has 0 saturated carbocycles. The summed E-state index contributed by atoms with van der Waals surface area (Å²) in [5.74, 6) is 1.56. The van der Waals surface area contributed by atoms with Gasteiger partial charge in [0.15, 0.2) is 0 Å². The Kier molecular flexibility index (Phi) is 4.15. The van der Waals surface area contributed by atoms with Gasteiger partial charge in [-0.25, -0.2) is 0 Å². The molecule has 18 heavy (non-hydrogen) atoms. The zero-order valence-electron chi connectivity index (χ0n) is 10.5. The number of rotatable bonds is 2. The first-order valence-corrected chi connectivity index (χ1v) is 6.25. The minimum Gasteiger partial charge on any atom is -0.495 e. The number of para-hydroxylation sites is 1. The van der Waals surface area contributed by atoms with E-state index >= 15 is 0 Å². The van der Waals surface area contributed by atoms with Crippen LogP contribution in [0, 0.1) is 0 Å². The van der Waals surface area contributed by atoms with E-state index in [1.165, 1.54) is 23.8 Å². The molecule has 4 heteroatoms. The lowest BCUT2D eigenvalue weighted by molar-refractivity contribution is 0.419. The fourth-order valence-electron chi connectivity index (χ4n) is 2.77. The highest BCUT2D eigenvalue weighted by Gasteiger charge is 2.19.